The Kier molecular flexibility index (Phi) is 6.44. The number of piperidine rings is 1. The summed E-state index contributed by atoms with van der Waals surface area (Å²) in [6.45, 7) is 5.97. The van der Waals surface area contributed by atoms with Crippen molar-refractivity contribution in [2.75, 3.05) is 27.3 Å². The second-order valence-corrected chi connectivity index (χ2v) is 7.82. The molecule has 0 aliphatic carbocycles. The second-order valence-electron chi connectivity index (χ2n) is 7.82. The number of benzene rings is 1. The predicted octanol–water partition coefficient (Wildman–Crippen LogP) is 2.25. The maximum atomic E-state index is 12.5. The zero-order chi connectivity index (χ0) is 20.3. The molecular weight excluding hydrogens is 358 g/mol. The van der Waals surface area contributed by atoms with Gasteiger partial charge >= 0.3 is 6.03 Å². The van der Waals surface area contributed by atoms with Gasteiger partial charge in [-0.3, -0.25) is 4.79 Å². The first kappa shape index (κ1) is 20.5. The number of rotatable bonds is 6. The Morgan fingerprint density at radius 2 is 1.82 bits per heavy atom. The summed E-state index contributed by atoms with van der Waals surface area (Å²) in [5.41, 5.74) is 1.03. The SMILES string of the molecule is COc1ccc(CNC(=O)N2CCC([C@H]3[C@@H](OC)C(=O)N3C(C)C)CC2)cc1. The monoisotopic (exact) mass is 389 g/mol. The molecule has 7 nitrogen and oxygen atoms in total. The van der Waals surface area contributed by atoms with Gasteiger partial charge in [-0.2, -0.15) is 0 Å². The molecule has 154 valence electrons. The van der Waals surface area contributed by atoms with Crippen molar-refractivity contribution in [1.29, 1.82) is 0 Å². The minimum absolute atomic E-state index is 0.0389. The number of hydrogen-bond acceptors (Lipinski definition) is 4. The third-order valence-corrected chi connectivity index (χ3v) is 5.85. The van der Waals surface area contributed by atoms with E-state index in [-0.39, 0.29) is 30.1 Å². The molecule has 1 aromatic carbocycles. The lowest BCUT2D eigenvalue weighted by atomic mass is 9.79. The summed E-state index contributed by atoms with van der Waals surface area (Å²) in [6, 6.07) is 7.94. The maximum Gasteiger partial charge on any atom is 0.317 e. The van der Waals surface area contributed by atoms with Crippen LogP contribution >= 0.6 is 0 Å². The summed E-state index contributed by atoms with van der Waals surface area (Å²) in [5.74, 6) is 1.26. The number of urea groups is 1. The van der Waals surface area contributed by atoms with Crippen LogP contribution in [0, 0.1) is 5.92 Å². The first-order chi connectivity index (χ1) is 13.5. The van der Waals surface area contributed by atoms with E-state index in [9.17, 15) is 9.59 Å². The maximum absolute atomic E-state index is 12.5. The first-order valence-corrected chi connectivity index (χ1v) is 9.97. The highest BCUT2D eigenvalue weighted by Crippen LogP contribution is 2.36. The topological polar surface area (TPSA) is 71.1 Å². The molecule has 2 fully saturated rings. The summed E-state index contributed by atoms with van der Waals surface area (Å²) < 4.78 is 10.6. The van der Waals surface area contributed by atoms with Crippen LogP contribution in [0.5, 0.6) is 5.75 Å². The number of β-lactam (4-membered cyclic amide) rings is 1. The number of carbonyl (C=O) groups is 2. The van der Waals surface area contributed by atoms with Gasteiger partial charge < -0.3 is 24.6 Å². The summed E-state index contributed by atoms with van der Waals surface area (Å²) in [7, 11) is 3.24. The minimum Gasteiger partial charge on any atom is -0.497 e. The van der Waals surface area contributed by atoms with E-state index in [1.165, 1.54) is 0 Å². The van der Waals surface area contributed by atoms with E-state index in [1.54, 1.807) is 14.2 Å². The van der Waals surface area contributed by atoms with Crippen LogP contribution in [0.15, 0.2) is 24.3 Å². The Labute approximate surface area is 167 Å². The molecule has 2 aliphatic rings. The van der Waals surface area contributed by atoms with E-state index < -0.39 is 0 Å². The van der Waals surface area contributed by atoms with Crippen molar-refractivity contribution in [2.45, 2.75) is 51.4 Å². The van der Waals surface area contributed by atoms with Crippen molar-refractivity contribution in [3.8, 4) is 5.75 Å². The Morgan fingerprint density at radius 1 is 1.18 bits per heavy atom. The Morgan fingerprint density at radius 3 is 2.36 bits per heavy atom. The van der Waals surface area contributed by atoms with E-state index in [4.69, 9.17) is 9.47 Å². The molecule has 0 aromatic heterocycles. The molecule has 0 spiro atoms. The van der Waals surface area contributed by atoms with Gasteiger partial charge in [0.1, 0.15) is 5.75 Å². The van der Waals surface area contributed by atoms with Gasteiger partial charge in [-0.15, -0.1) is 0 Å². The lowest BCUT2D eigenvalue weighted by Crippen LogP contribution is -2.70. The van der Waals surface area contributed by atoms with Crippen molar-refractivity contribution >= 4 is 11.9 Å². The normalized spacial score (nSPS) is 23.0. The van der Waals surface area contributed by atoms with E-state index in [2.05, 4.69) is 5.32 Å². The molecule has 28 heavy (non-hydrogen) atoms. The van der Waals surface area contributed by atoms with Crippen LogP contribution < -0.4 is 10.1 Å². The highest BCUT2D eigenvalue weighted by atomic mass is 16.5. The van der Waals surface area contributed by atoms with Crippen LogP contribution in [0.4, 0.5) is 4.79 Å². The minimum atomic E-state index is -0.331. The summed E-state index contributed by atoms with van der Waals surface area (Å²) in [6.07, 6.45) is 1.44. The zero-order valence-electron chi connectivity index (χ0n) is 17.2. The van der Waals surface area contributed by atoms with E-state index in [0.717, 1.165) is 24.2 Å². The molecule has 1 aromatic rings. The molecule has 3 amide bonds. The molecule has 2 heterocycles. The van der Waals surface area contributed by atoms with Gasteiger partial charge in [-0.05, 0) is 50.3 Å². The first-order valence-electron chi connectivity index (χ1n) is 9.97. The van der Waals surface area contributed by atoms with Gasteiger partial charge in [0.15, 0.2) is 6.10 Å². The van der Waals surface area contributed by atoms with Crippen LogP contribution in [0.1, 0.15) is 32.3 Å². The van der Waals surface area contributed by atoms with Gasteiger partial charge in [-0.1, -0.05) is 12.1 Å². The third kappa shape index (κ3) is 4.09. The number of carbonyl (C=O) groups excluding carboxylic acids is 2. The largest absolute Gasteiger partial charge is 0.497 e. The molecule has 2 saturated heterocycles. The number of amides is 3. The lowest BCUT2D eigenvalue weighted by molar-refractivity contribution is -0.181. The third-order valence-electron chi connectivity index (χ3n) is 5.85. The number of hydrogen-bond donors (Lipinski definition) is 1. The molecule has 0 radical (unpaired) electrons. The van der Waals surface area contributed by atoms with Crippen molar-refractivity contribution in [1.82, 2.24) is 15.1 Å². The van der Waals surface area contributed by atoms with Gasteiger partial charge in [0.05, 0.1) is 13.2 Å². The van der Waals surface area contributed by atoms with Crippen molar-refractivity contribution in [3.05, 3.63) is 29.8 Å². The molecule has 2 aliphatic heterocycles. The molecule has 2 atom stereocenters. The van der Waals surface area contributed by atoms with Gasteiger partial charge in [0.25, 0.3) is 5.91 Å². The molecule has 0 saturated carbocycles. The summed E-state index contributed by atoms with van der Waals surface area (Å²) in [5, 5.41) is 2.99. The average molecular weight is 389 g/mol. The van der Waals surface area contributed by atoms with Crippen LogP contribution in [0.2, 0.25) is 0 Å². The van der Waals surface area contributed by atoms with Crippen LogP contribution in [-0.2, 0) is 16.1 Å². The average Bonchev–Trinajstić information content (AvgIpc) is 2.70. The van der Waals surface area contributed by atoms with Crippen molar-refractivity contribution in [2.24, 2.45) is 5.92 Å². The molecule has 7 heteroatoms. The number of likely N-dealkylation sites (tertiary alicyclic amines) is 2. The zero-order valence-corrected chi connectivity index (χ0v) is 17.2. The van der Waals surface area contributed by atoms with Crippen LogP contribution in [-0.4, -0.2) is 67.2 Å². The Hall–Kier alpha value is -2.28. The highest BCUT2D eigenvalue weighted by Gasteiger charge is 2.52. The van der Waals surface area contributed by atoms with Crippen LogP contribution in [0.3, 0.4) is 0 Å². The molecule has 1 N–H and O–H groups in total. The lowest BCUT2D eigenvalue weighted by Gasteiger charge is -2.53. The second kappa shape index (κ2) is 8.82. The Bertz CT molecular complexity index is 683. The standard InChI is InChI=1S/C21H31N3O4/c1-14(2)24-18(19(28-4)20(24)25)16-9-11-23(12-10-16)21(26)22-13-15-5-7-17(27-3)8-6-15/h5-8,14,16,18-19H,9-13H2,1-4H3,(H,22,26)/t18-,19+/m0/s1. The smallest absolute Gasteiger partial charge is 0.317 e. The quantitative estimate of drug-likeness (QED) is 0.758. The van der Waals surface area contributed by atoms with Gasteiger partial charge in [-0.25, -0.2) is 4.79 Å². The molecule has 0 bridgehead atoms. The molecule has 0 unspecified atom stereocenters. The fourth-order valence-electron chi connectivity index (χ4n) is 4.29. The van der Waals surface area contributed by atoms with Gasteiger partial charge in [0.2, 0.25) is 0 Å². The van der Waals surface area contributed by atoms with Crippen molar-refractivity contribution < 1.29 is 19.1 Å². The fourth-order valence-corrected chi connectivity index (χ4v) is 4.29. The highest BCUT2D eigenvalue weighted by molar-refractivity contribution is 5.88. The van der Waals surface area contributed by atoms with E-state index in [1.807, 2.05) is 47.9 Å². The summed E-state index contributed by atoms with van der Waals surface area (Å²) >= 11 is 0. The Balaban J connectivity index is 1.49. The molecular formula is C21H31N3O4. The number of nitrogens with one attached hydrogen (secondary N) is 1. The fraction of sp³-hybridized carbons (Fsp3) is 0.619. The van der Waals surface area contributed by atoms with E-state index >= 15 is 0 Å². The predicted molar refractivity (Wildman–Crippen MR) is 106 cm³/mol. The number of ether oxygens (including phenoxy) is 2. The van der Waals surface area contributed by atoms with Crippen LogP contribution in [0.25, 0.3) is 0 Å². The molecule has 3 rings (SSSR count). The van der Waals surface area contributed by atoms with Gasteiger partial charge in [0, 0.05) is 32.8 Å². The number of methoxy groups -OCH3 is 2. The van der Waals surface area contributed by atoms with E-state index in [0.29, 0.717) is 25.6 Å². The number of nitrogens with zero attached hydrogens (tertiary/aromatic N) is 2. The van der Waals surface area contributed by atoms with Crippen molar-refractivity contribution in [3.63, 3.8) is 0 Å². The summed E-state index contributed by atoms with van der Waals surface area (Å²) in [4.78, 5) is 28.5.